The summed E-state index contributed by atoms with van der Waals surface area (Å²) in [4.78, 5) is 8.01. The van der Waals surface area contributed by atoms with Gasteiger partial charge < -0.3 is 15.2 Å². The van der Waals surface area contributed by atoms with Gasteiger partial charge in [-0.25, -0.2) is 4.98 Å². The number of hydrogen-bond acceptors (Lipinski definition) is 7. The molecule has 27 heavy (non-hydrogen) atoms. The Morgan fingerprint density at radius 2 is 2.11 bits per heavy atom. The minimum atomic E-state index is -0.786. The molecule has 3 rings (SSSR count). The van der Waals surface area contributed by atoms with Gasteiger partial charge in [0.1, 0.15) is 5.54 Å². The van der Waals surface area contributed by atoms with E-state index in [9.17, 15) is 9.50 Å². The van der Waals surface area contributed by atoms with Gasteiger partial charge in [0, 0.05) is 0 Å². The van der Waals surface area contributed by atoms with Crippen molar-refractivity contribution in [1.29, 1.82) is 5.26 Å². The lowest BCUT2D eigenvalue weighted by atomic mass is 9.88. The topological polar surface area (TPSA) is 109 Å². The normalized spacial score (nSPS) is 20.1. The fourth-order valence-electron chi connectivity index (χ4n) is 2.89. The molecule has 0 saturated heterocycles. The van der Waals surface area contributed by atoms with Gasteiger partial charge in [-0.3, -0.25) is 4.68 Å². The van der Waals surface area contributed by atoms with Gasteiger partial charge in [0.05, 0.1) is 43.1 Å². The average Bonchev–Trinajstić information content (AvgIpc) is 3.13. The molecule has 1 fully saturated rings. The summed E-state index contributed by atoms with van der Waals surface area (Å²) >= 11 is 0. The molecule has 0 atom stereocenters. The van der Waals surface area contributed by atoms with Crippen molar-refractivity contribution in [2.24, 2.45) is 5.92 Å². The molecule has 0 aliphatic heterocycles. The highest BCUT2D eigenvalue weighted by Crippen LogP contribution is 2.26. The molecule has 2 aromatic rings. The van der Waals surface area contributed by atoms with Gasteiger partial charge in [-0.15, -0.1) is 0 Å². The Morgan fingerprint density at radius 1 is 1.37 bits per heavy atom. The zero-order chi connectivity index (χ0) is 19.4. The third kappa shape index (κ3) is 4.71. The number of nitrogens with one attached hydrogen (secondary N) is 1. The Labute approximate surface area is 157 Å². The van der Waals surface area contributed by atoms with Crippen LogP contribution in [0.3, 0.4) is 0 Å². The van der Waals surface area contributed by atoms with E-state index in [2.05, 4.69) is 26.5 Å². The van der Waals surface area contributed by atoms with E-state index in [0.29, 0.717) is 12.3 Å². The van der Waals surface area contributed by atoms with Crippen LogP contribution in [0, 0.1) is 23.1 Å². The molecule has 1 saturated carbocycles. The molecule has 1 aliphatic rings. The first-order valence-electron chi connectivity index (χ1n) is 8.94. The Kier molecular flexibility index (Phi) is 5.56. The van der Waals surface area contributed by atoms with Crippen LogP contribution in [0.5, 0.6) is 5.88 Å². The number of nitrogens with zero attached hydrogens (tertiary/aromatic N) is 5. The quantitative estimate of drug-likeness (QED) is 0.800. The van der Waals surface area contributed by atoms with Crippen molar-refractivity contribution in [3.63, 3.8) is 0 Å². The molecule has 144 valence electrons. The van der Waals surface area contributed by atoms with Crippen LogP contribution in [-0.2, 0) is 5.54 Å². The van der Waals surface area contributed by atoms with Crippen molar-refractivity contribution in [3.8, 4) is 11.9 Å². The summed E-state index contributed by atoms with van der Waals surface area (Å²) in [7, 11) is 0. The van der Waals surface area contributed by atoms with Gasteiger partial charge in [-0.2, -0.15) is 19.7 Å². The maximum atomic E-state index is 14.0. The molecular formula is C18H23FN6O2. The molecule has 0 amide bonds. The molecule has 0 spiro atoms. The van der Waals surface area contributed by atoms with Gasteiger partial charge in [0.15, 0.2) is 0 Å². The number of nitriles is 1. The average molecular weight is 374 g/mol. The van der Waals surface area contributed by atoms with Crippen molar-refractivity contribution in [1.82, 2.24) is 19.7 Å². The van der Waals surface area contributed by atoms with Crippen molar-refractivity contribution >= 4 is 11.6 Å². The monoisotopic (exact) mass is 374 g/mol. The van der Waals surface area contributed by atoms with E-state index in [4.69, 9.17) is 10.00 Å². The molecular weight excluding hydrogens is 351 g/mol. The number of ether oxygens (including phenoxy) is 1. The minimum absolute atomic E-state index is 0.108. The van der Waals surface area contributed by atoms with Gasteiger partial charge in [-0.05, 0) is 45.4 Å². The molecule has 2 aromatic heterocycles. The first kappa shape index (κ1) is 19.0. The summed E-state index contributed by atoms with van der Waals surface area (Å²) in [5.41, 5.74) is -0.206. The minimum Gasteiger partial charge on any atom is -0.475 e. The summed E-state index contributed by atoms with van der Waals surface area (Å²) in [6, 6.07) is 2.16. The fourth-order valence-corrected chi connectivity index (χ4v) is 2.89. The number of aliphatic hydroxyl groups is 1. The summed E-state index contributed by atoms with van der Waals surface area (Å²) < 4.78 is 21.0. The van der Waals surface area contributed by atoms with Crippen molar-refractivity contribution in [2.75, 3.05) is 11.9 Å². The Hall–Kier alpha value is -2.73. The van der Waals surface area contributed by atoms with E-state index in [1.54, 1.807) is 26.2 Å². The van der Waals surface area contributed by atoms with Crippen molar-refractivity contribution in [2.45, 2.75) is 51.2 Å². The van der Waals surface area contributed by atoms with Crippen LogP contribution < -0.4 is 10.1 Å². The van der Waals surface area contributed by atoms with E-state index in [0.717, 1.165) is 31.9 Å². The number of hydrogen-bond donors (Lipinski definition) is 2. The van der Waals surface area contributed by atoms with Gasteiger partial charge in [0.25, 0.3) is 5.88 Å². The van der Waals surface area contributed by atoms with Crippen molar-refractivity contribution in [3.05, 3.63) is 24.4 Å². The van der Waals surface area contributed by atoms with Crippen LogP contribution in [0.15, 0.2) is 18.6 Å². The first-order valence-corrected chi connectivity index (χ1v) is 8.94. The van der Waals surface area contributed by atoms with Crippen molar-refractivity contribution < 1.29 is 14.2 Å². The lowest BCUT2D eigenvalue weighted by Crippen LogP contribution is -2.24. The van der Waals surface area contributed by atoms with Crippen LogP contribution in [0.25, 0.3) is 0 Å². The summed E-state index contributed by atoms with van der Waals surface area (Å²) in [6.07, 6.45) is 7.22. The highest BCUT2D eigenvalue weighted by Gasteiger charge is 2.22. The summed E-state index contributed by atoms with van der Waals surface area (Å²) in [5, 5.41) is 25.8. The van der Waals surface area contributed by atoms with Gasteiger partial charge in [-0.1, -0.05) is 0 Å². The lowest BCUT2D eigenvalue weighted by Gasteiger charge is -2.25. The number of aromatic nitrogens is 4. The van der Waals surface area contributed by atoms with Crippen LogP contribution in [0.1, 0.15) is 39.5 Å². The first-order chi connectivity index (χ1) is 12.9. The highest BCUT2D eigenvalue weighted by atomic mass is 19.1. The number of rotatable bonds is 6. The molecule has 2 N–H and O–H groups in total. The predicted octanol–water partition coefficient (Wildman–Crippen LogP) is 2.74. The fraction of sp³-hybridized carbons (Fsp3) is 0.556. The van der Waals surface area contributed by atoms with Crippen LogP contribution in [-0.4, -0.2) is 37.6 Å². The maximum Gasteiger partial charge on any atom is 0.255 e. The van der Waals surface area contributed by atoms with E-state index in [-0.39, 0.29) is 23.9 Å². The Morgan fingerprint density at radius 3 is 2.81 bits per heavy atom. The van der Waals surface area contributed by atoms with E-state index in [1.807, 2.05) is 0 Å². The summed E-state index contributed by atoms with van der Waals surface area (Å²) in [6.45, 7) is 3.84. The van der Waals surface area contributed by atoms with Gasteiger partial charge >= 0.3 is 0 Å². The van der Waals surface area contributed by atoms with Crippen LogP contribution in [0.4, 0.5) is 16.0 Å². The Balaban J connectivity index is 1.64. The molecule has 2 heterocycles. The molecule has 0 unspecified atom stereocenters. The molecule has 0 radical (unpaired) electrons. The summed E-state index contributed by atoms with van der Waals surface area (Å²) in [5.74, 6) is -0.272. The van der Waals surface area contributed by atoms with E-state index in [1.165, 1.54) is 4.68 Å². The SMILES string of the molecule is CC(C)(C#N)n1cc(Nc2ncc(F)c(OCC3CCC(O)CC3)n2)cn1. The lowest BCUT2D eigenvalue weighted by molar-refractivity contribution is 0.0899. The second kappa shape index (κ2) is 7.88. The molecule has 1 aliphatic carbocycles. The Bertz CT molecular complexity index is 823. The van der Waals surface area contributed by atoms with E-state index >= 15 is 0 Å². The predicted molar refractivity (Wildman–Crippen MR) is 95.9 cm³/mol. The number of aliphatic hydroxyl groups excluding tert-OH is 1. The third-order valence-corrected chi connectivity index (χ3v) is 4.67. The maximum absolute atomic E-state index is 14.0. The van der Waals surface area contributed by atoms with E-state index < -0.39 is 11.4 Å². The largest absolute Gasteiger partial charge is 0.475 e. The second-order valence-electron chi connectivity index (χ2n) is 7.30. The zero-order valence-electron chi connectivity index (χ0n) is 15.4. The third-order valence-electron chi connectivity index (χ3n) is 4.67. The molecule has 8 nitrogen and oxygen atoms in total. The van der Waals surface area contributed by atoms with Crippen LogP contribution in [0.2, 0.25) is 0 Å². The zero-order valence-corrected chi connectivity index (χ0v) is 15.4. The molecule has 0 aromatic carbocycles. The molecule has 0 bridgehead atoms. The van der Waals surface area contributed by atoms with Gasteiger partial charge in [0.2, 0.25) is 11.8 Å². The van der Waals surface area contributed by atoms with Crippen LogP contribution >= 0.6 is 0 Å². The number of halogens is 1. The second-order valence-corrected chi connectivity index (χ2v) is 7.30. The standard InChI is InChI=1S/C18H23FN6O2/c1-18(2,11-20)25-9-13(7-22-25)23-17-21-8-15(19)16(24-17)27-10-12-3-5-14(26)6-4-12/h7-9,12,14,26H,3-6,10H2,1-2H3,(H,21,23,24). The number of anilines is 2. The smallest absolute Gasteiger partial charge is 0.255 e. The highest BCUT2D eigenvalue weighted by molar-refractivity contribution is 5.50. The molecule has 9 heteroatoms.